The highest BCUT2D eigenvalue weighted by atomic mass is 16.6. The highest BCUT2D eigenvalue weighted by Crippen LogP contribution is 2.19. The molecular formula is C12H21NO4. The van der Waals surface area contributed by atoms with Gasteiger partial charge in [0.1, 0.15) is 5.60 Å². The van der Waals surface area contributed by atoms with Gasteiger partial charge < -0.3 is 14.4 Å². The van der Waals surface area contributed by atoms with Crippen molar-refractivity contribution in [1.29, 1.82) is 0 Å². The molecule has 0 N–H and O–H groups in total. The second-order valence-electron chi connectivity index (χ2n) is 5.38. The number of hydrogen-bond acceptors (Lipinski definition) is 4. The van der Waals surface area contributed by atoms with Gasteiger partial charge in [0.25, 0.3) is 0 Å². The largest absolute Gasteiger partial charge is 0.466 e. The Labute approximate surface area is 102 Å². The maximum atomic E-state index is 11.7. The molecule has 0 aromatic heterocycles. The van der Waals surface area contributed by atoms with Crippen LogP contribution in [0.5, 0.6) is 0 Å². The average molecular weight is 243 g/mol. The maximum absolute atomic E-state index is 11.7. The van der Waals surface area contributed by atoms with Crippen molar-refractivity contribution in [2.75, 3.05) is 19.7 Å². The highest BCUT2D eigenvalue weighted by Gasteiger charge is 2.30. The summed E-state index contributed by atoms with van der Waals surface area (Å²) in [6.07, 6.45) is 0.565. The topological polar surface area (TPSA) is 55.8 Å². The summed E-state index contributed by atoms with van der Waals surface area (Å²) >= 11 is 0. The molecule has 1 atom stereocenters. The summed E-state index contributed by atoms with van der Waals surface area (Å²) in [5, 5.41) is 0. The minimum Gasteiger partial charge on any atom is -0.466 e. The fourth-order valence-corrected chi connectivity index (χ4v) is 1.70. The zero-order valence-corrected chi connectivity index (χ0v) is 11.0. The first-order chi connectivity index (χ1) is 7.78. The van der Waals surface area contributed by atoms with Crippen molar-refractivity contribution in [2.24, 2.45) is 5.92 Å². The van der Waals surface area contributed by atoms with Gasteiger partial charge in [0, 0.05) is 25.9 Å². The normalized spacial score (nSPS) is 20.2. The van der Waals surface area contributed by atoms with Crippen LogP contribution in [0.15, 0.2) is 0 Å². The molecule has 1 aliphatic rings. The van der Waals surface area contributed by atoms with E-state index in [9.17, 15) is 9.59 Å². The third-order valence-electron chi connectivity index (χ3n) is 2.46. The molecule has 98 valence electrons. The lowest BCUT2D eigenvalue weighted by Crippen LogP contribution is -2.35. The van der Waals surface area contributed by atoms with Crippen LogP contribution in [-0.2, 0) is 14.3 Å². The van der Waals surface area contributed by atoms with Gasteiger partial charge in [0.15, 0.2) is 0 Å². The van der Waals surface area contributed by atoms with E-state index in [4.69, 9.17) is 9.47 Å². The number of amides is 1. The van der Waals surface area contributed by atoms with E-state index in [2.05, 4.69) is 0 Å². The third-order valence-corrected chi connectivity index (χ3v) is 2.46. The molecule has 0 radical (unpaired) electrons. The number of rotatable bonds is 2. The van der Waals surface area contributed by atoms with Crippen LogP contribution in [0.25, 0.3) is 0 Å². The molecule has 17 heavy (non-hydrogen) atoms. The molecule has 0 unspecified atom stereocenters. The van der Waals surface area contributed by atoms with Gasteiger partial charge in [0.05, 0.1) is 6.61 Å². The summed E-state index contributed by atoms with van der Waals surface area (Å²) in [5.74, 6) is -0.0489. The van der Waals surface area contributed by atoms with Gasteiger partial charge in [-0.3, -0.25) is 4.79 Å². The molecule has 0 saturated carbocycles. The summed E-state index contributed by atoms with van der Waals surface area (Å²) in [7, 11) is 0. The Bertz CT molecular complexity index is 295. The van der Waals surface area contributed by atoms with Crippen LogP contribution in [-0.4, -0.2) is 42.3 Å². The Morgan fingerprint density at radius 3 is 2.53 bits per heavy atom. The van der Waals surface area contributed by atoms with Gasteiger partial charge >= 0.3 is 12.1 Å². The number of ether oxygens (including phenoxy) is 2. The maximum Gasteiger partial charge on any atom is 0.410 e. The van der Waals surface area contributed by atoms with Crippen LogP contribution < -0.4 is 0 Å². The van der Waals surface area contributed by atoms with E-state index in [1.807, 2.05) is 20.8 Å². The summed E-state index contributed by atoms with van der Waals surface area (Å²) in [6.45, 7) is 8.57. The SMILES string of the molecule is CC(=O)OC[C@H]1CCN(C(=O)OC(C)(C)C)C1. The van der Waals surface area contributed by atoms with Gasteiger partial charge in [-0.25, -0.2) is 4.79 Å². The van der Waals surface area contributed by atoms with Crippen LogP contribution in [0.2, 0.25) is 0 Å². The minimum absolute atomic E-state index is 0.228. The average Bonchev–Trinajstić information content (AvgIpc) is 2.60. The number of carbonyl (C=O) groups excluding carboxylic acids is 2. The molecule has 5 heteroatoms. The first kappa shape index (κ1) is 13.8. The predicted octanol–water partition coefficient (Wildman–Crippen LogP) is 1.81. The van der Waals surface area contributed by atoms with Crippen molar-refractivity contribution in [3.05, 3.63) is 0 Å². The third kappa shape index (κ3) is 5.06. The summed E-state index contributed by atoms with van der Waals surface area (Å²) < 4.78 is 10.2. The van der Waals surface area contributed by atoms with Crippen molar-refractivity contribution in [3.8, 4) is 0 Å². The molecule has 0 bridgehead atoms. The van der Waals surface area contributed by atoms with Gasteiger partial charge in [0.2, 0.25) is 0 Å². The molecule has 1 amide bonds. The minimum atomic E-state index is -0.467. The Hall–Kier alpha value is -1.26. The zero-order chi connectivity index (χ0) is 13.1. The number of carbonyl (C=O) groups is 2. The van der Waals surface area contributed by atoms with Crippen LogP contribution in [0.4, 0.5) is 4.79 Å². The molecule has 1 saturated heterocycles. The number of hydrogen-bond donors (Lipinski definition) is 0. The lowest BCUT2D eigenvalue weighted by Gasteiger charge is -2.24. The van der Waals surface area contributed by atoms with E-state index < -0.39 is 5.60 Å². The van der Waals surface area contributed by atoms with Crippen LogP contribution >= 0.6 is 0 Å². The lowest BCUT2D eigenvalue weighted by molar-refractivity contribution is -0.142. The zero-order valence-electron chi connectivity index (χ0n) is 11.0. The van der Waals surface area contributed by atoms with E-state index in [0.29, 0.717) is 19.7 Å². The molecule has 1 heterocycles. The molecule has 0 aromatic rings. The lowest BCUT2D eigenvalue weighted by atomic mass is 10.1. The smallest absolute Gasteiger partial charge is 0.410 e. The van der Waals surface area contributed by atoms with Crippen molar-refractivity contribution >= 4 is 12.1 Å². The molecule has 1 rings (SSSR count). The van der Waals surface area contributed by atoms with Crippen LogP contribution in [0.1, 0.15) is 34.1 Å². The molecule has 1 aliphatic heterocycles. The van der Waals surface area contributed by atoms with Crippen molar-refractivity contribution in [3.63, 3.8) is 0 Å². The van der Waals surface area contributed by atoms with E-state index in [1.54, 1.807) is 4.90 Å². The van der Waals surface area contributed by atoms with Gasteiger partial charge in [-0.15, -0.1) is 0 Å². The van der Waals surface area contributed by atoms with E-state index >= 15 is 0 Å². The quantitative estimate of drug-likeness (QED) is 0.694. The highest BCUT2D eigenvalue weighted by molar-refractivity contribution is 5.68. The molecule has 0 spiro atoms. The van der Waals surface area contributed by atoms with Gasteiger partial charge in [-0.1, -0.05) is 0 Å². The van der Waals surface area contributed by atoms with E-state index in [1.165, 1.54) is 6.92 Å². The van der Waals surface area contributed by atoms with Crippen molar-refractivity contribution in [1.82, 2.24) is 4.90 Å². The molecule has 0 aromatic carbocycles. The standard InChI is InChI=1S/C12H21NO4/c1-9(14)16-8-10-5-6-13(7-10)11(15)17-12(2,3)4/h10H,5-8H2,1-4H3/t10-/m0/s1. The second-order valence-corrected chi connectivity index (χ2v) is 5.38. The molecule has 5 nitrogen and oxygen atoms in total. The van der Waals surface area contributed by atoms with Crippen molar-refractivity contribution < 1.29 is 19.1 Å². The van der Waals surface area contributed by atoms with Gasteiger partial charge in [-0.05, 0) is 27.2 Å². The first-order valence-electron chi connectivity index (χ1n) is 5.89. The first-order valence-corrected chi connectivity index (χ1v) is 5.89. The summed E-state index contributed by atoms with van der Waals surface area (Å²) in [6, 6.07) is 0. The number of nitrogens with zero attached hydrogens (tertiary/aromatic N) is 1. The van der Waals surface area contributed by atoms with E-state index in [0.717, 1.165) is 6.42 Å². The van der Waals surface area contributed by atoms with Crippen LogP contribution in [0.3, 0.4) is 0 Å². The monoisotopic (exact) mass is 243 g/mol. The molecule has 1 fully saturated rings. The summed E-state index contributed by atoms with van der Waals surface area (Å²) in [5.41, 5.74) is -0.467. The molecular weight excluding hydrogens is 222 g/mol. The fourth-order valence-electron chi connectivity index (χ4n) is 1.70. The Balaban J connectivity index is 2.34. The fraction of sp³-hybridized carbons (Fsp3) is 0.833. The Kier molecular flexibility index (Phi) is 4.37. The second kappa shape index (κ2) is 5.38. The van der Waals surface area contributed by atoms with Crippen LogP contribution in [0, 0.1) is 5.92 Å². The Morgan fingerprint density at radius 1 is 1.35 bits per heavy atom. The summed E-state index contributed by atoms with van der Waals surface area (Å²) in [4.78, 5) is 24.1. The predicted molar refractivity (Wildman–Crippen MR) is 62.5 cm³/mol. The van der Waals surface area contributed by atoms with Gasteiger partial charge in [-0.2, -0.15) is 0 Å². The number of likely N-dealkylation sites (tertiary alicyclic amines) is 1. The number of esters is 1. The van der Waals surface area contributed by atoms with E-state index in [-0.39, 0.29) is 18.0 Å². The molecule has 0 aliphatic carbocycles. The van der Waals surface area contributed by atoms with Crippen molar-refractivity contribution in [2.45, 2.75) is 39.7 Å². The Morgan fingerprint density at radius 2 is 2.00 bits per heavy atom.